The van der Waals surface area contributed by atoms with Gasteiger partial charge in [-0.2, -0.15) is 0 Å². The highest BCUT2D eigenvalue weighted by Gasteiger charge is 2.48. The van der Waals surface area contributed by atoms with Gasteiger partial charge in [-0.3, -0.25) is 14.5 Å². The molecule has 214 valence electrons. The summed E-state index contributed by atoms with van der Waals surface area (Å²) in [5.41, 5.74) is 4.17. The number of hydrogen-bond acceptors (Lipinski definition) is 8. The van der Waals surface area contributed by atoms with Gasteiger partial charge in [0, 0.05) is 5.56 Å². The van der Waals surface area contributed by atoms with Crippen LogP contribution in [0.25, 0.3) is 5.76 Å². The fourth-order valence-corrected chi connectivity index (χ4v) is 5.91. The summed E-state index contributed by atoms with van der Waals surface area (Å²) >= 11 is 0.965. The van der Waals surface area contributed by atoms with Gasteiger partial charge in [0.1, 0.15) is 23.0 Å². The second-order valence-electron chi connectivity index (χ2n) is 9.92. The van der Waals surface area contributed by atoms with Gasteiger partial charge in [-0.25, -0.2) is 9.78 Å². The zero-order chi connectivity index (χ0) is 30.0. The summed E-state index contributed by atoms with van der Waals surface area (Å²) in [4.78, 5) is 45.3. The Labute approximate surface area is 247 Å². The molecule has 3 aromatic carbocycles. The minimum absolute atomic E-state index is 0.0610. The number of benzene rings is 3. The van der Waals surface area contributed by atoms with Gasteiger partial charge in [0.05, 0.1) is 24.4 Å². The molecule has 1 unspecified atom stereocenters. The number of methoxy groups -OCH3 is 1. The highest BCUT2D eigenvalue weighted by atomic mass is 32.1. The minimum atomic E-state index is -0.957. The molecule has 2 heterocycles. The van der Waals surface area contributed by atoms with Crippen LogP contribution in [0.2, 0.25) is 0 Å². The summed E-state index contributed by atoms with van der Waals surface area (Å²) in [5.74, 6) is -1.94. The first-order valence-corrected chi connectivity index (χ1v) is 14.3. The fourth-order valence-electron chi connectivity index (χ4n) is 4.90. The van der Waals surface area contributed by atoms with Crippen LogP contribution in [-0.4, -0.2) is 34.9 Å². The van der Waals surface area contributed by atoms with Crippen LogP contribution in [0.4, 0.5) is 5.13 Å². The van der Waals surface area contributed by atoms with Crippen LogP contribution in [0.15, 0.2) is 78.4 Å². The van der Waals surface area contributed by atoms with Crippen molar-refractivity contribution in [3.8, 4) is 5.75 Å². The van der Waals surface area contributed by atoms with Gasteiger partial charge in [0.25, 0.3) is 5.78 Å². The van der Waals surface area contributed by atoms with E-state index in [4.69, 9.17) is 9.47 Å². The van der Waals surface area contributed by atoms with Crippen molar-refractivity contribution in [2.75, 3.05) is 12.0 Å². The van der Waals surface area contributed by atoms with E-state index in [0.29, 0.717) is 29.2 Å². The predicted molar refractivity (Wildman–Crippen MR) is 161 cm³/mol. The van der Waals surface area contributed by atoms with E-state index in [1.807, 2.05) is 68.4 Å². The third-order valence-corrected chi connectivity index (χ3v) is 8.33. The Morgan fingerprint density at radius 1 is 1.00 bits per heavy atom. The first kappa shape index (κ1) is 28.8. The first-order chi connectivity index (χ1) is 20.2. The highest BCUT2D eigenvalue weighted by Crippen LogP contribution is 2.44. The van der Waals surface area contributed by atoms with E-state index in [2.05, 4.69) is 4.98 Å². The molecule has 1 fully saturated rings. The lowest BCUT2D eigenvalue weighted by atomic mass is 9.94. The largest absolute Gasteiger partial charge is 0.507 e. The van der Waals surface area contributed by atoms with E-state index in [9.17, 15) is 19.5 Å². The summed E-state index contributed by atoms with van der Waals surface area (Å²) in [7, 11) is 1.27. The van der Waals surface area contributed by atoms with E-state index in [-0.39, 0.29) is 21.3 Å². The van der Waals surface area contributed by atoms with Crippen LogP contribution < -0.4 is 9.64 Å². The molecule has 1 aromatic heterocycles. The minimum Gasteiger partial charge on any atom is -0.507 e. The maximum atomic E-state index is 13.6. The smallest absolute Gasteiger partial charge is 0.350 e. The van der Waals surface area contributed by atoms with Gasteiger partial charge in [-0.1, -0.05) is 72.9 Å². The molecule has 1 atom stereocenters. The summed E-state index contributed by atoms with van der Waals surface area (Å²) < 4.78 is 10.8. The number of ether oxygens (including phenoxy) is 2. The van der Waals surface area contributed by atoms with Crippen molar-refractivity contribution in [1.82, 2.24) is 4.98 Å². The first-order valence-electron chi connectivity index (χ1n) is 13.5. The SMILES string of the molecule is CCc1ccc(C2/C(=C(/O)c3ccc(OCc4ccccc4)c(C)c3)C(=O)C(=O)N2c2nc(C)c(C(=O)OC)s2)cc1. The van der Waals surface area contributed by atoms with Gasteiger partial charge in [-0.05, 0) is 60.7 Å². The van der Waals surface area contributed by atoms with Crippen molar-refractivity contribution < 1.29 is 29.0 Å². The zero-order valence-corrected chi connectivity index (χ0v) is 24.5. The highest BCUT2D eigenvalue weighted by molar-refractivity contribution is 7.17. The van der Waals surface area contributed by atoms with Crippen molar-refractivity contribution in [3.05, 3.63) is 117 Å². The number of Topliss-reactive ketones (excluding diaryl/α,β-unsaturated/α-hetero) is 1. The monoisotopic (exact) mass is 582 g/mol. The van der Waals surface area contributed by atoms with E-state index >= 15 is 0 Å². The molecule has 0 spiro atoms. The quantitative estimate of drug-likeness (QED) is 0.112. The van der Waals surface area contributed by atoms with Gasteiger partial charge in [0.2, 0.25) is 0 Å². The number of aliphatic hydroxyl groups excluding tert-OH is 1. The second kappa shape index (κ2) is 12.0. The van der Waals surface area contributed by atoms with Crippen LogP contribution in [0.3, 0.4) is 0 Å². The molecule has 0 radical (unpaired) electrons. The lowest BCUT2D eigenvalue weighted by Crippen LogP contribution is -2.29. The maximum absolute atomic E-state index is 13.6. The second-order valence-corrected chi connectivity index (χ2v) is 10.9. The number of ketones is 1. The standard InChI is InChI=1S/C33H30N2O6S/c1-5-21-11-13-23(14-12-21)27-26(29(37)31(38)35(27)33-34-20(3)30(42-33)32(39)40-4)28(36)24-15-16-25(19(2)17-24)41-18-22-9-7-6-8-10-22/h6-17,27,36H,5,18H2,1-4H3/b28-26-. The normalized spacial score (nSPS) is 16.1. The average Bonchev–Trinajstić information content (AvgIpc) is 3.52. The summed E-state index contributed by atoms with van der Waals surface area (Å²) in [6, 6.07) is 21.5. The van der Waals surface area contributed by atoms with Crippen LogP contribution in [-0.2, 0) is 27.4 Å². The van der Waals surface area contributed by atoms with Gasteiger partial charge < -0.3 is 14.6 Å². The Kier molecular flexibility index (Phi) is 8.22. The number of esters is 1. The summed E-state index contributed by atoms with van der Waals surface area (Å²) in [6.07, 6.45) is 0.812. The number of thiazole rings is 1. The molecule has 8 nitrogen and oxygen atoms in total. The van der Waals surface area contributed by atoms with Crippen LogP contribution >= 0.6 is 11.3 Å². The van der Waals surface area contributed by atoms with Crippen LogP contribution in [0.5, 0.6) is 5.75 Å². The van der Waals surface area contributed by atoms with E-state index in [0.717, 1.165) is 34.4 Å². The molecular formula is C33H30N2O6S. The molecule has 1 N–H and O–H groups in total. The Morgan fingerprint density at radius 2 is 1.71 bits per heavy atom. The average molecular weight is 583 g/mol. The number of aryl methyl sites for hydroxylation is 3. The van der Waals surface area contributed by atoms with Gasteiger partial charge in [-0.15, -0.1) is 0 Å². The van der Waals surface area contributed by atoms with Crippen molar-refractivity contribution in [3.63, 3.8) is 0 Å². The van der Waals surface area contributed by atoms with E-state index < -0.39 is 23.7 Å². The molecule has 0 saturated carbocycles. The number of rotatable bonds is 8. The number of carbonyl (C=O) groups excluding carboxylic acids is 3. The Hall–Kier alpha value is -4.76. The van der Waals surface area contributed by atoms with Crippen LogP contribution in [0, 0.1) is 13.8 Å². The van der Waals surface area contributed by atoms with Crippen molar-refractivity contribution in [2.24, 2.45) is 0 Å². The molecule has 42 heavy (non-hydrogen) atoms. The Bertz CT molecular complexity index is 1690. The predicted octanol–water partition coefficient (Wildman–Crippen LogP) is 6.31. The van der Waals surface area contributed by atoms with Crippen LogP contribution in [0.1, 0.15) is 56.1 Å². The maximum Gasteiger partial charge on any atom is 0.350 e. The topological polar surface area (TPSA) is 106 Å². The third-order valence-electron chi connectivity index (χ3n) is 7.20. The lowest BCUT2D eigenvalue weighted by Gasteiger charge is -2.23. The molecule has 0 bridgehead atoms. The summed E-state index contributed by atoms with van der Waals surface area (Å²) in [6.45, 7) is 5.90. The number of carbonyl (C=O) groups is 3. The third kappa shape index (κ3) is 5.43. The molecule has 1 aliphatic rings. The molecule has 9 heteroatoms. The fraction of sp³-hybridized carbons (Fsp3) is 0.212. The molecule has 1 amide bonds. The molecule has 1 saturated heterocycles. The Balaban J connectivity index is 1.57. The van der Waals surface area contributed by atoms with E-state index in [1.54, 1.807) is 25.1 Å². The Morgan fingerprint density at radius 3 is 2.36 bits per heavy atom. The molecule has 4 aromatic rings. The number of anilines is 1. The molecule has 5 rings (SSSR count). The number of hydrogen-bond donors (Lipinski definition) is 1. The van der Waals surface area contributed by atoms with Crippen molar-refractivity contribution >= 4 is 39.9 Å². The zero-order valence-electron chi connectivity index (χ0n) is 23.7. The number of nitrogens with zero attached hydrogens (tertiary/aromatic N) is 2. The van der Waals surface area contributed by atoms with Crippen molar-refractivity contribution in [1.29, 1.82) is 0 Å². The molecular weight excluding hydrogens is 552 g/mol. The lowest BCUT2D eigenvalue weighted by molar-refractivity contribution is -0.132. The number of aliphatic hydroxyl groups is 1. The van der Waals surface area contributed by atoms with Crippen molar-refractivity contribution in [2.45, 2.75) is 39.8 Å². The molecule has 1 aliphatic heterocycles. The van der Waals surface area contributed by atoms with E-state index in [1.165, 1.54) is 12.0 Å². The van der Waals surface area contributed by atoms with Gasteiger partial charge >= 0.3 is 11.9 Å². The van der Waals surface area contributed by atoms with Gasteiger partial charge in [0.15, 0.2) is 5.13 Å². The number of aromatic nitrogens is 1. The molecule has 0 aliphatic carbocycles. The number of amides is 1. The summed E-state index contributed by atoms with van der Waals surface area (Å²) in [5, 5.41) is 11.7.